The number of hydrogen-bond donors (Lipinski definition) is 1. The van der Waals surface area contributed by atoms with Gasteiger partial charge in [0.05, 0.1) is 33.0 Å². The van der Waals surface area contributed by atoms with Crippen molar-refractivity contribution in [2.45, 2.75) is 6.92 Å². The van der Waals surface area contributed by atoms with E-state index in [0.717, 1.165) is 27.6 Å². The third-order valence-electron chi connectivity index (χ3n) is 6.28. The van der Waals surface area contributed by atoms with Crippen LogP contribution >= 0.6 is 0 Å². The van der Waals surface area contributed by atoms with Crippen molar-refractivity contribution in [2.24, 2.45) is 0 Å². The van der Waals surface area contributed by atoms with Crippen LogP contribution in [0.5, 0.6) is 0 Å². The number of hydrogen-bond acceptors (Lipinski definition) is 5. The quantitative estimate of drug-likeness (QED) is 0.258. The van der Waals surface area contributed by atoms with Gasteiger partial charge in [-0.1, -0.05) is 42.5 Å². The first-order chi connectivity index (χ1) is 17.5. The van der Waals surface area contributed by atoms with Crippen molar-refractivity contribution in [1.29, 1.82) is 0 Å². The molecule has 36 heavy (non-hydrogen) atoms. The number of aromatic nitrogens is 4. The van der Waals surface area contributed by atoms with E-state index in [-0.39, 0.29) is 11.2 Å². The van der Waals surface area contributed by atoms with Crippen LogP contribution < -0.4 is 5.56 Å². The minimum Gasteiger partial charge on any atom is -0.288 e. The second kappa shape index (κ2) is 8.28. The van der Waals surface area contributed by atoms with Crippen molar-refractivity contribution in [3.05, 3.63) is 117 Å². The topological polar surface area (TPSA) is 106 Å². The maximum absolute atomic E-state index is 13.8. The molecule has 0 saturated carbocycles. The number of nitro groups is 1. The molecule has 3 aromatic carbocycles. The second-order valence-corrected chi connectivity index (χ2v) is 8.48. The van der Waals surface area contributed by atoms with Crippen molar-refractivity contribution in [3.8, 4) is 33.5 Å². The van der Waals surface area contributed by atoms with Crippen LogP contribution in [-0.4, -0.2) is 24.5 Å². The molecule has 0 amide bonds. The highest BCUT2D eigenvalue weighted by Gasteiger charge is 2.21. The van der Waals surface area contributed by atoms with Gasteiger partial charge in [0.1, 0.15) is 0 Å². The molecule has 8 heteroatoms. The first-order valence-corrected chi connectivity index (χ1v) is 11.3. The normalized spacial score (nSPS) is 11.2. The number of pyridine rings is 1. The lowest BCUT2D eigenvalue weighted by Gasteiger charge is -2.08. The second-order valence-electron chi connectivity index (χ2n) is 8.48. The monoisotopic (exact) mass is 473 g/mol. The summed E-state index contributed by atoms with van der Waals surface area (Å²) in [5.74, 6) is 0. The Kier molecular flexibility index (Phi) is 4.93. The van der Waals surface area contributed by atoms with E-state index >= 15 is 0 Å². The first kappa shape index (κ1) is 21.4. The summed E-state index contributed by atoms with van der Waals surface area (Å²) in [5.41, 5.74) is 5.95. The van der Waals surface area contributed by atoms with Gasteiger partial charge in [-0.15, -0.1) is 0 Å². The predicted molar refractivity (Wildman–Crippen MR) is 139 cm³/mol. The van der Waals surface area contributed by atoms with Crippen LogP contribution in [0.2, 0.25) is 0 Å². The van der Waals surface area contributed by atoms with E-state index < -0.39 is 4.92 Å². The predicted octanol–water partition coefficient (Wildman–Crippen LogP) is 5.79. The van der Waals surface area contributed by atoms with Crippen LogP contribution in [0, 0.1) is 17.0 Å². The average molecular weight is 473 g/mol. The SMILES string of the molecule is Cc1nc2c(-c3ccccc3)c(-c3ccc([N+](=O)[O-])cc3)[nH]n2c(=O)c1-c1ccc2ncccc2c1. The van der Waals surface area contributed by atoms with Gasteiger partial charge in [0.25, 0.3) is 11.2 Å². The fraction of sp³-hybridized carbons (Fsp3) is 0.0357. The summed E-state index contributed by atoms with van der Waals surface area (Å²) in [4.78, 5) is 33.8. The third-order valence-corrected chi connectivity index (χ3v) is 6.28. The molecule has 0 fully saturated rings. The average Bonchev–Trinajstić information content (AvgIpc) is 3.28. The van der Waals surface area contributed by atoms with E-state index in [4.69, 9.17) is 4.98 Å². The van der Waals surface area contributed by atoms with E-state index in [1.165, 1.54) is 16.6 Å². The summed E-state index contributed by atoms with van der Waals surface area (Å²) < 4.78 is 1.45. The van der Waals surface area contributed by atoms with Gasteiger partial charge in [0, 0.05) is 29.3 Å². The lowest BCUT2D eigenvalue weighted by Crippen LogP contribution is -2.19. The molecule has 0 saturated heterocycles. The first-order valence-electron chi connectivity index (χ1n) is 11.3. The number of fused-ring (bicyclic) bond motifs is 2. The molecule has 3 heterocycles. The van der Waals surface area contributed by atoms with Crippen LogP contribution in [-0.2, 0) is 0 Å². The Morgan fingerprint density at radius 1 is 0.861 bits per heavy atom. The van der Waals surface area contributed by atoms with Gasteiger partial charge in [-0.05, 0) is 48.4 Å². The van der Waals surface area contributed by atoms with Crippen molar-refractivity contribution in [1.82, 2.24) is 19.6 Å². The molecule has 0 unspecified atom stereocenters. The Hall–Kier alpha value is -5.11. The molecule has 174 valence electrons. The fourth-order valence-electron chi connectivity index (χ4n) is 4.58. The van der Waals surface area contributed by atoms with Crippen molar-refractivity contribution in [2.75, 3.05) is 0 Å². The Morgan fingerprint density at radius 3 is 2.36 bits per heavy atom. The number of H-pyrrole nitrogens is 1. The molecule has 0 spiro atoms. The van der Waals surface area contributed by atoms with Gasteiger partial charge in [0.2, 0.25) is 0 Å². The molecule has 0 atom stereocenters. The van der Waals surface area contributed by atoms with Crippen molar-refractivity contribution >= 4 is 22.2 Å². The Balaban J connectivity index is 1.63. The zero-order valence-corrected chi connectivity index (χ0v) is 19.2. The number of rotatable bonds is 4. The lowest BCUT2D eigenvalue weighted by molar-refractivity contribution is -0.384. The summed E-state index contributed by atoms with van der Waals surface area (Å²) in [7, 11) is 0. The molecule has 1 N–H and O–H groups in total. The zero-order valence-electron chi connectivity index (χ0n) is 19.2. The smallest absolute Gasteiger partial charge is 0.280 e. The fourth-order valence-corrected chi connectivity index (χ4v) is 4.58. The molecule has 6 aromatic rings. The standard InChI is InChI=1S/C28H19N5O3/c1-17-24(21-11-14-23-20(16-21)8-5-15-29-23)28(34)32-27(30-17)25(18-6-3-2-4-7-18)26(31-32)19-9-12-22(13-10-19)33(35)36/h2-16,31H,1H3. The number of aromatic amines is 1. The van der Waals surface area contributed by atoms with E-state index in [9.17, 15) is 14.9 Å². The van der Waals surface area contributed by atoms with E-state index in [0.29, 0.717) is 28.2 Å². The number of aryl methyl sites for hydroxylation is 1. The number of nitro benzene ring substituents is 1. The molecule has 0 aliphatic rings. The summed E-state index contributed by atoms with van der Waals surface area (Å²) in [6.07, 6.45) is 1.74. The summed E-state index contributed by atoms with van der Waals surface area (Å²) in [6.45, 7) is 1.83. The summed E-state index contributed by atoms with van der Waals surface area (Å²) >= 11 is 0. The minimum absolute atomic E-state index is 0.00432. The largest absolute Gasteiger partial charge is 0.288 e. The Morgan fingerprint density at radius 2 is 1.61 bits per heavy atom. The van der Waals surface area contributed by atoms with Gasteiger partial charge < -0.3 is 0 Å². The highest BCUT2D eigenvalue weighted by atomic mass is 16.6. The maximum atomic E-state index is 13.8. The highest BCUT2D eigenvalue weighted by molar-refractivity contribution is 5.91. The summed E-state index contributed by atoms with van der Waals surface area (Å²) in [5, 5.41) is 15.3. The molecule has 8 nitrogen and oxygen atoms in total. The van der Waals surface area contributed by atoms with Crippen LogP contribution in [0.1, 0.15) is 5.69 Å². The van der Waals surface area contributed by atoms with Crippen LogP contribution in [0.15, 0.2) is 95.9 Å². The molecule has 0 bridgehead atoms. The third kappa shape index (κ3) is 3.43. The zero-order chi connectivity index (χ0) is 24.8. The minimum atomic E-state index is -0.437. The maximum Gasteiger partial charge on any atom is 0.280 e. The van der Waals surface area contributed by atoms with Gasteiger partial charge >= 0.3 is 0 Å². The van der Waals surface area contributed by atoms with Gasteiger partial charge in [0.15, 0.2) is 5.65 Å². The molecule has 3 aromatic heterocycles. The van der Waals surface area contributed by atoms with Gasteiger partial charge in [-0.3, -0.25) is 25.0 Å². The van der Waals surface area contributed by atoms with Crippen LogP contribution in [0.4, 0.5) is 5.69 Å². The van der Waals surface area contributed by atoms with Gasteiger partial charge in [-0.25, -0.2) is 4.98 Å². The van der Waals surface area contributed by atoms with Crippen LogP contribution in [0.25, 0.3) is 50.1 Å². The van der Waals surface area contributed by atoms with E-state index in [2.05, 4.69) is 10.1 Å². The lowest BCUT2D eigenvalue weighted by atomic mass is 10.0. The highest BCUT2D eigenvalue weighted by Crippen LogP contribution is 2.35. The molecular weight excluding hydrogens is 454 g/mol. The molecule has 0 aliphatic carbocycles. The Bertz CT molecular complexity index is 1840. The number of non-ortho nitro benzene ring substituents is 1. The van der Waals surface area contributed by atoms with Gasteiger partial charge in [-0.2, -0.15) is 4.52 Å². The Labute approximate surface area is 204 Å². The molecule has 0 radical (unpaired) electrons. The summed E-state index contributed by atoms with van der Waals surface area (Å²) in [6, 6.07) is 25.4. The molecule has 0 aliphatic heterocycles. The van der Waals surface area contributed by atoms with Crippen LogP contribution in [0.3, 0.4) is 0 Å². The van der Waals surface area contributed by atoms with E-state index in [1.807, 2.05) is 67.6 Å². The number of nitrogens with one attached hydrogen (secondary N) is 1. The van der Waals surface area contributed by atoms with E-state index in [1.54, 1.807) is 18.3 Å². The van der Waals surface area contributed by atoms with Crippen molar-refractivity contribution in [3.63, 3.8) is 0 Å². The van der Waals surface area contributed by atoms with Crippen molar-refractivity contribution < 1.29 is 4.92 Å². The number of nitrogens with zero attached hydrogens (tertiary/aromatic N) is 4. The molecule has 6 rings (SSSR count). The molecular formula is C28H19N5O3. The number of benzene rings is 3.